The molecule has 0 atom stereocenters. The molecule has 0 saturated heterocycles. The number of aromatic nitrogens is 4. The molecule has 8 aromatic carbocycles. The van der Waals surface area contributed by atoms with Gasteiger partial charge in [-0.15, -0.1) is 11.3 Å². The van der Waals surface area contributed by atoms with Gasteiger partial charge in [0.25, 0.3) is 0 Å². The van der Waals surface area contributed by atoms with Crippen LogP contribution in [0.15, 0.2) is 194 Å². The maximum absolute atomic E-state index is 9.79. The fraction of sp³-hybridized carbons (Fsp3) is 0. The summed E-state index contributed by atoms with van der Waals surface area (Å²) in [5, 5.41) is 1.88. The minimum Gasteiger partial charge on any atom is -0.308 e. The summed E-state index contributed by atoms with van der Waals surface area (Å²) < 4.78 is 112. The van der Waals surface area contributed by atoms with Crippen LogP contribution in [0.3, 0.4) is 0 Å². The van der Waals surface area contributed by atoms with Gasteiger partial charge < -0.3 is 4.57 Å². The first-order chi connectivity index (χ1) is 32.8. The monoisotopic (exact) mass is 744 g/mol. The number of benzene rings is 8. The lowest BCUT2D eigenvalue weighted by atomic mass is 9.98. The molecule has 0 N–H and O–H groups in total. The lowest BCUT2D eigenvalue weighted by Gasteiger charge is -2.19. The first-order valence-corrected chi connectivity index (χ1v) is 18.6. The zero-order chi connectivity index (χ0) is 47.4. The number of para-hydroxylation sites is 2. The van der Waals surface area contributed by atoms with Crippen LogP contribution in [0.4, 0.5) is 0 Å². The minimum atomic E-state index is -0.701. The smallest absolute Gasteiger partial charge is 0.166 e. The van der Waals surface area contributed by atoms with Gasteiger partial charge in [-0.05, 0) is 53.0 Å². The molecule has 5 heteroatoms. The van der Waals surface area contributed by atoms with E-state index in [0.717, 1.165) is 20.2 Å². The number of hydrogen-bond donors (Lipinski definition) is 0. The van der Waals surface area contributed by atoms with Gasteiger partial charge in [0.15, 0.2) is 17.5 Å². The predicted octanol–water partition coefficient (Wildman–Crippen LogP) is 13.7. The Kier molecular flexibility index (Phi) is 5.27. The normalized spacial score (nSPS) is 14.6. The van der Waals surface area contributed by atoms with Crippen molar-refractivity contribution >= 4 is 53.3 Å². The van der Waals surface area contributed by atoms with Crippen molar-refractivity contribution in [2.75, 3.05) is 0 Å². The molecule has 0 spiro atoms. The lowest BCUT2D eigenvalue weighted by molar-refractivity contribution is 1.07. The van der Waals surface area contributed by atoms with E-state index >= 15 is 0 Å². The zero-order valence-electron chi connectivity index (χ0n) is 41.2. The minimum absolute atomic E-state index is 0.122. The van der Waals surface area contributed by atoms with Crippen LogP contribution in [-0.2, 0) is 0 Å². The van der Waals surface area contributed by atoms with E-state index in [0.29, 0.717) is 39.5 Å². The highest BCUT2D eigenvalue weighted by atomic mass is 32.1. The second kappa shape index (κ2) is 13.3. The van der Waals surface area contributed by atoms with Crippen LogP contribution in [0.2, 0.25) is 0 Å². The Labute approximate surface area is 344 Å². The van der Waals surface area contributed by atoms with Crippen LogP contribution in [0.5, 0.6) is 0 Å². The molecular formula is C51H32N4S. The van der Waals surface area contributed by atoms with E-state index in [1.54, 1.807) is 17.4 Å². The van der Waals surface area contributed by atoms with Gasteiger partial charge in [-0.1, -0.05) is 158 Å². The molecule has 3 heterocycles. The van der Waals surface area contributed by atoms with Gasteiger partial charge >= 0.3 is 0 Å². The fourth-order valence-corrected chi connectivity index (χ4v) is 8.41. The predicted molar refractivity (Wildman–Crippen MR) is 234 cm³/mol. The maximum Gasteiger partial charge on any atom is 0.166 e. The van der Waals surface area contributed by atoms with E-state index in [4.69, 9.17) is 24.5 Å². The molecule has 0 amide bonds. The van der Waals surface area contributed by atoms with Crippen molar-refractivity contribution in [1.82, 2.24) is 19.5 Å². The van der Waals surface area contributed by atoms with Gasteiger partial charge in [-0.25, -0.2) is 15.0 Å². The highest BCUT2D eigenvalue weighted by molar-refractivity contribution is 7.25. The SMILES string of the molecule is [2H]c1c([2H])c([2H])c(-c2c([2H])c([2H])c3c(c2[2H])c2c([2H])c([2H])c([2H])c([2H])c2n3-c2c(-c3ccccc3)cccc2-c2nc(-c3ccccc3)nc(-c3ccc4c(c3)sc3ccccc34)n2)c([2H])c1[2H]. The average Bonchev–Trinajstić information content (AvgIpc) is 3.93. The van der Waals surface area contributed by atoms with Gasteiger partial charge in [0.05, 0.1) is 33.2 Å². The Morgan fingerprint density at radius 1 is 0.411 bits per heavy atom. The van der Waals surface area contributed by atoms with Crippen molar-refractivity contribution in [2.24, 2.45) is 0 Å². The van der Waals surface area contributed by atoms with Gasteiger partial charge in [-0.3, -0.25) is 0 Å². The number of fused-ring (bicyclic) bond motifs is 6. The molecule has 0 aliphatic heterocycles. The summed E-state index contributed by atoms with van der Waals surface area (Å²) in [5.74, 6) is 0.863. The van der Waals surface area contributed by atoms with E-state index < -0.39 is 83.6 Å². The van der Waals surface area contributed by atoms with Gasteiger partial charge in [0.2, 0.25) is 0 Å². The first-order valence-electron chi connectivity index (χ1n) is 23.8. The Morgan fingerprint density at radius 3 is 1.91 bits per heavy atom. The molecule has 4 nitrogen and oxygen atoms in total. The molecule has 262 valence electrons. The highest BCUT2D eigenvalue weighted by Crippen LogP contribution is 2.42. The van der Waals surface area contributed by atoms with Gasteiger partial charge in [0, 0.05) is 53.2 Å². The van der Waals surface area contributed by atoms with Crippen molar-refractivity contribution in [1.29, 1.82) is 0 Å². The molecule has 0 fully saturated rings. The Balaban J connectivity index is 1.29. The number of rotatable bonds is 6. The van der Waals surface area contributed by atoms with E-state index in [1.165, 1.54) is 4.57 Å². The molecule has 0 radical (unpaired) electrons. The quantitative estimate of drug-likeness (QED) is 0.170. The standard InChI is InChI=1S/C51H32N4S/c1-4-15-33(16-5-1)36-28-30-45-43(31-36)39-21-10-12-25-44(39)55(45)48-38(34-17-6-2-7-18-34)23-14-24-42(48)51-53-49(35-19-8-3-9-20-35)52-50(54-51)37-27-29-41-40-22-11-13-26-46(40)56-47(41)32-37/h1-32H/i1D,4D,5D,10D,12D,15D,16D,21D,25D,28D,30D,31D. The third-order valence-electron chi connectivity index (χ3n) is 9.80. The van der Waals surface area contributed by atoms with Crippen LogP contribution < -0.4 is 0 Å². The highest BCUT2D eigenvalue weighted by Gasteiger charge is 2.23. The van der Waals surface area contributed by atoms with E-state index in [9.17, 15) is 6.85 Å². The van der Waals surface area contributed by atoms with Crippen LogP contribution in [-0.4, -0.2) is 19.5 Å². The fourth-order valence-electron chi connectivity index (χ4n) is 7.26. The Bertz CT molecular complexity index is 3920. The Hall–Kier alpha value is -7.21. The molecule has 0 bridgehead atoms. The van der Waals surface area contributed by atoms with Gasteiger partial charge in [0.1, 0.15) is 0 Å². The number of thiophene rings is 1. The topological polar surface area (TPSA) is 43.6 Å². The third-order valence-corrected chi connectivity index (χ3v) is 10.9. The number of hydrogen-bond acceptors (Lipinski definition) is 4. The molecule has 3 aromatic heterocycles. The molecule has 0 aliphatic rings. The Morgan fingerprint density at radius 2 is 1.07 bits per heavy atom. The van der Waals surface area contributed by atoms with Crippen LogP contribution >= 0.6 is 11.3 Å². The third kappa shape index (κ3) is 5.40. The first kappa shape index (κ1) is 22.2. The van der Waals surface area contributed by atoms with Crippen molar-refractivity contribution < 1.29 is 16.4 Å². The molecule has 11 aromatic rings. The van der Waals surface area contributed by atoms with Crippen LogP contribution in [0.25, 0.3) is 104 Å². The van der Waals surface area contributed by atoms with Crippen molar-refractivity contribution in [3.63, 3.8) is 0 Å². The maximum atomic E-state index is 9.79. The molecule has 56 heavy (non-hydrogen) atoms. The largest absolute Gasteiger partial charge is 0.308 e. The van der Waals surface area contributed by atoms with Crippen molar-refractivity contribution in [2.45, 2.75) is 0 Å². The van der Waals surface area contributed by atoms with Crippen molar-refractivity contribution in [3.05, 3.63) is 194 Å². The molecule has 11 rings (SSSR count). The zero-order valence-corrected chi connectivity index (χ0v) is 30.1. The summed E-state index contributed by atoms with van der Waals surface area (Å²) in [6.45, 7) is 0. The van der Waals surface area contributed by atoms with E-state index in [2.05, 4.69) is 12.1 Å². The lowest BCUT2D eigenvalue weighted by Crippen LogP contribution is -2.05. The van der Waals surface area contributed by atoms with E-state index in [-0.39, 0.29) is 33.3 Å². The summed E-state index contributed by atoms with van der Waals surface area (Å²) >= 11 is 1.65. The van der Waals surface area contributed by atoms with Gasteiger partial charge in [-0.2, -0.15) is 0 Å². The van der Waals surface area contributed by atoms with Crippen molar-refractivity contribution in [3.8, 4) is 62.1 Å². The van der Waals surface area contributed by atoms with E-state index in [1.807, 2.05) is 103 Å². The molecular weight excluding hydrogens is 701 g/mol. The molecule has 0 aliphatic carbocycles. The van der Waals surface area contributed by atoms with Crippen LogP contribution in [0.1, 0.15) is 16.4 Å². The summed E-state index contributed by atoms with van der Waals surface area (Å²) in [6, 6.07) is 30.8. The van der Waals surface area contributed by atoms with Crippen LogP contribution in [0, 0.1) is 0 Å². The average molecular weight is 745 g/mol. The summed E-state index contributed by atoms with van der Waals surface area (Å²) in [7, 11) is 0. The molecule has 0 saturated carbocycles. The summed E-state index contributed by atoms with van der Waals surface area (Å²) in [6.07, 6.45) is 0. The second-order valence-corrected chi connectivity index (χ2v) is 14.2. The molecule has 0 unspecified atom stereocenters. The summed E-state index contributed by atoms with van der Waals surface area (Å²) in [5.41, 5.74) is 2.03. The number of nitrogens with zero attached hydrogens (tertiary/aromatic N) is 4. The second-order valence-electron chi connectivity index (χ2n) is 13.1. The summed E-state index contributed by atoms with van der Waals surface area (Å²) in [4.78, 5) is 15.3.